The third kappa shape index (κ3) is 3.49. The molecule has 3 aromatic carbocycles. The van der Waals surface area contributed by atoms with Gasteiger partial charge < -0.3 is 29.9 Å². The Morgan fingerprint density at radius 1 is 0.415 bits per heavy atom. The molecule has 5 heterocycles. The van der Waals surface area contributed by atoms with Gasteiger partial charge in [0.15, 0.2) is 0 Å². The van der Waals surface area contributed by atoms with Crippen LogP contribution in [0.5, 0.6) is 0 Å². The summed E-state index contributed by atoms with van der Waals surface area (Å²) in [6.45, 7) is 0. The van der Waals surface area contributed by atoms with E-state index < -0.39 is 0 Å². The van der Waals surface area contributed by atoms with Crippen molar-refractivity contribution in [1.82, 2.24) is 39.9 Å². The van der Waals surface area contributed by atoms with Crippen molar-refractivity contribution in [3.05, 3.63) is 108 Å². The van der Waals surface area contributed by atoms with E-state index in [1.54, 1.807) is 0 Å². The molecule has 1 radical (unpaired) electrons. The van der Waals surface area contributed by atoms with Gasteiger partial charge in [-0.3, -0.25) is 0 Å². The Hall–Kier alpha value is -5.42. The minimum Gasteiger partial charge on any atom is -0.357 e. The summed E-state index contributed by atoms with van der Waals surface area (Å²) in [4.78, 5) is 39.1. The second-order valence-corrected chi connectivity index (χ2v) is 9.52. The Morgan fingerprint density at radius 3 is 1.17 bits per heavy atom. The molecule has 3 aromatic heterocycles. The Labute approximate surface area is 242 Å². The first-order valence-electron chi connectivity index (χ1n) is 12.7. The van der Waals surface area contributed by atoms with E-state index in [-0.39, 0.29) is 17.1 Å². The molecule has 0 fully saturated rings. The van der Waals surface area contributed by atoms with Crippen molar-refractivity contribution < 1.29 is 17.1 Å². The number of nitrogens with zero attached hydrogens (tertiary/aromatic N) is 8. The van der Waals surface area contributed by atoms with Crippen molar-refractivity contribution in [3.8, 4) is 22.8 Å². The van der Waals surface area contributed by atoms with E-state index in [9.17, 15) is 0 Å². The summed E-state index contributed by atoms with van der Waals surface area (Å²) < 4.78 is 0. The first-order chi connectivity index (χ1) is 19.8. The Bertz CT molecular complexity index is 2250. The first kappa shape index (κ1) is 23.5. The van der Waals surface area contributed by atoms with Crippen LogP contribution in [0.4, 0.5) is 0 Å². The van der Waals surface area contributed by atoms with Crippen molar-refractivity contribution >= 4 is 55.3 Å². The number of fused-ring (bicyclic) bond motifs is 19. The molecule has 8 bridgehead atoms. The third-order valence-electron chi connectivity index (χ3n) is 7.21. The molecule has 1 aliphatic carbocycles. The predicted octanol–water partition coefficient (Wildman–Crippen LogP) is 5.58. The maximum Gasteiger partial charge on any atom is 2.00 e. The molecule has 6 aromatic rings. The molecule has 0 N–H and O–H groups in total. The van der Waals surface area contributed by atoms with Gasteiger partial charge >= 0.3 is 17.1 Å². The van der Waals surface area contributed by atoms with Gasteiger partial charge in [-0.25, -0.2) is 9.97 Å². The average molecular weight is 574 g/mol. The van der Waals surface area contributed by atoms with E-state index in [0.717, 1.165) is 43.8 Å². The molecule has 193 valence electrons. The number of aromatic nitrogens is 8. The number of rotatable bonds is 0. The normalized spacial score (nSPS) is 13.0. The second kappa shape index (κ2) is 8.80. The second-order valence-electron chi connectivity index (χ2n) is 9.52. The van der Waals surface area contributed by atoms with Gasteiger partial charge in [0, 0.05) is 44.9 Å². The van der Waals surface area contributed by atoms with E-state index >= 15 is 0 Å². The third-order valence-corrected chi connectivity index (χ3v) is 7.21. The summed E-state index contributed by atoms with van der Waals surface area (Å²) >= 11 is 0. The van der Waals surface area contributed by atoms with Gasteiger partial charge in [0.2, 0.25) is 0 Å². The van der Waals surface area contributed by atoms with Crippen LogP contribution in [0, 0.1) is 0 Å². The molecule has 0 saturated heterocycles. The molecule has 3 aliphatic rings. The van der Waals surface area contributed by atoms with Gasteiger partial charge in [-0.15, -0.1) is 0 Å². The maximum absolute atomic E-state index is 4.94. The molecule has 41 heavy (non-hydrogen) atoms. The van der Waals surface area contributed by atoms with Crippen LogP contribution in [0.3, 0.4) is 0 Å². The van der Waals surface area contributed by atoms with Crippen molar-refractivity contribution in [2.75, 3.05) is 0 Å². The van der Waals surface area contributed by atoms with E-state index in [0.29, 0.717) is 45.9 Å². The fourth-order valence-corrected chi connectivity index (χ4v) is 5.34. The Balaban J connectivity index is 0.00000256. The van der Waals surface area contributed by atoms with E-state index in [2.05, 4.69) is 11.5 Å². The van der Waals surface area contributed by atoms with Crippen LogP contribution in [0.15, 0.2) is 96.4 Å². The zero-order valence-corrected chi connectivity index (χ0v) is 21.9. The molecular weight excluding hydrogens is 560 g/mol. The minimum absolute atomic E-state index is 0. The van der Waals surface area contributed by atoms with Crippen LogP contribution in [0.25, 0.3) is 78.1 Å². The Morgan fingerprint density at radius 2 is 0.756 bits per heavy atom. The zero-order valence-electron chi connectivity index (χ0n) is 21.0. The van der Waals surface area contributed by atoms with Crippen molar-refractivity contribution in [1.29, 1.82) is 0 Å². The molecule has 9 rings (SSSR count). The van der Waals surface area contributed by atoms with Crippen LogP contribution >= 0.6 is 0 Å². The average Bonchev–Trinajstić information content (AvgIpc) is 3.73. The molecule has 2 aliphatic heterocycles. The van der Waals surface area contributed by atoms with Crippen LogP contribution in [-0.2, 0) is 17.1 Å². The molecule has 0 unspecified atom stereocenters. The quantitative estimate of drug-likeness (QED) is 0.171. The van der Waals surface area contributed by atoms with Crippen LogP contribution in [0.2, 0.25) is 0 Å². The molecule has 0 atom stereocenters. The van der Waals surface area contributed by atoms with Gasteiger partial charge in [0.25, 0.3) is 0 Å². The minimum atomic E-state index is 0. The van der Waals surface area contributed by atoms with Crippen LogP contribution in [-0.4, -0.2) is 29.9 Å². The van der Waals surface area contributed by atoms with Crippen LogP contribution in [0.1, 0.15) is 11.6 Å². The van der Waals surface area contributed by atoms with Crippen LogP contribution < -0.4 is 9.97 Å². The zero-order chi connectivity index (χ0) is 26.2. The Kier molecular flexibility index (Phi) is 5.03. The van der Waals surface area contributed by atoms with Gasteiger partial charge in [-0.2, -0.15) is 0 Å². The fraction of sp³-hybridized carbons (Fsp3) is 0. The number of benzene rings is 3. The smallest absolute Gasteiger partial charge is 0.357 e. The number of hydrogen-bond acceptors (Lipinski definition) is 6. The van der Waals surface area contributed by atoms with Crippen molar-refractivity contribution in [3.63, 3.8) is 0 Å². The molecule has 0 saturated carbocycles. The summed E-state index contributed by atoms with van der Waals surface area (Å²) in [5.74, 6) is 2.09. The topological polar surface area (TPSA) is 106 Å². The van der Waals surface area contributed by atoms with Crippen molar-refractivity contribution in [2.45, 2.75) is 0 Å². The number of allylic oxidation sites excluding steroid dienone is 4. The molecular formula is C32H14CuN8. The van der Waals surface area contributed by atoms with Gasteiger partial charge in [0.1, 0.15) is 0 Å². The molecule has 9 heteroatoms. The monoisotopic (exact) mass is 573 g/mol. The molecule has 0 spiro atoms. The van der Waals surface area contributed by atoms with Crippen molar-refractivity contribution in [2.24, 2.45) is 0 Å². The van der Waals surface area contributed by atoms with E-state index in [1.807, 2.05) is 84.9 Å². The molecule has 0 amide bonds. The van der Waals surface area contributed by atoms with E-state index in [1.165, 1.54) is 0 Å². The first-order valence-corrected chi connectivity index (χ1v) is 12.7. The van der Waals surface area contributed by atoms with E-state index in [4.69, 9.17) is 39.9 Å². The number of hydrogen-bond donors (Lipinski definition) is 0. The SMILES string of the molecule is C1=C=CC2=C(C=1)c1nc2nc2[n-]c(nc3nc(nc4[n-]c(n1)c1ccccc41)-c1ccccc1-3)c1ccccc21.[Cu+2]. The summed E-state index contributed by atoms with van der Waals surface area (Å²) in [7, 11) is 0. The summed E-state index contributed by atoms with van der Waals surface area (Å²) in [6.07, 6.45) is 3.65. The van der Waals surface area contributed by atoms with Gasteiger partial charge in [-0.1, -0.05) is 84.3 Å². The van der Waals surface area contributed by atoms with Gasteiger partial charge in [0.05, 0.1) is 23.3 Å². The van der Waals surface area contributed by atoms with Gasteiger partial charge in [-0.05, 0) is 33.7 Å². The fourth-order valence-electron chi connectivity index (χ4n) is 5.34. The maximum atomic E-state index is 4.94. The summed E-state index contributed by atoms with van der Waals surface area (Å²) in [6, 6.07) is 23.8. The largest absolute Gasteiger partial charge is 2.00 e. The standard InChI is InChI=1S/C32H14N8.Cu/c1-2-10-18-17(9-1)25-33-26(18)38-28-21-13-5-6-14-22(21)30(35-28)40-32-24-16-8-7-15-23(24)31(36-32)39-29-20-12-4-3-11-19(20)27(34-29)37-25;/h1-6,9-16H;/q-2;+2. The predicted molar refractivity (Wildman–Crippen MR) is 153 cm³/mol. The molecule has 8 nitrogen and oxygen atoms in total. The summed E-state index contributed by atoms with van der Waals surface area (Å²) in [5, 5.41) is 3.51. The summed E-state index contributed by atoms with van der Waals surface area (Å²) in [5.41, 5.74) is 11.6.